The molecule has 0 unspecified atom stereocenters. The average molecular weight is 203 g/mol. The molecule has 1 heterocycles. The van der Waals surface area contributed by atoms with E-state index >= 15 is 0 Å². The van der Waals surface area contributed by atoms with Crippen molar-refractivity contribution >= 4 is 11.5 Å². The van der Waals surface area contributed by atoms with Crippen molar-refractivity contribution in [3.05, 3.63) is 48.7 Å². The Morgan fingerprint density at radius 2 is 1.87 bits per heavy atom. The van der Waals surface area contributed by atoms with Crippen molar-refractivity contribution in [3.8, 4) is 0 Å². The third-order valence-electron chi connectivity index (χ3n) is 2.11. The summed E-state index contributed by atoms with van der Waals surface area (Å²) >= 11 is 0. The van der Waals surface area contributed by atoms with Gasteiger partial charge in [-0.3, -0.25) is 0 Å². The van der Waals surface area contributed by atoms with Gasteiger partial charge in [0.25, 0.3) is 0 Å². The van der Waals surface area contributed by atoms with E-state index < -0.39 is 5.95 Å². The van der Waals surface area contributed by atoms with Crippen molar-refractivity contribution in [1.82, 2.24) is 9.97 Å². The number of para-hydroxylation sites is 1. The van der Waals surface area contributed by atoms with Crippen LogP contribution in [0, 0.1) is 5.95 Å². The quantitative estimate of drug-likeness (QED) is 0.702. The molecule has 1 aromatic heterocycles. The second kappa shape index (κ2) is 4.04. The summed E-state index contributed by atoms with van der Waals surface area (Å²) < 4.78 is 12.9. The number of aromatic nitrogens is 2. The van der Waals surface area contributed by atoms with Crippen LogP contribution in [0.2, 0.25) is 0 Å². The van der Waals surface area contributed by atoms with Crippen LogP contribution in [0.3, 0.4) is 0 Å². The molecule has 0 aliphatic heterocycles. The van der Waals surface area contributed by atoms with Gasteiger partial charge in [0, 0.05) is 18.8 Å². The Morgan fingerprint density at radius 3 is 2.53 bits per heavy atom. The zero-order valence-electron chi connectivity index (χ0n) is 8.26. The number of anilines is 2. The largest absolute Gasteiger partial charge is 0.329 e. The van der Waals surface area contributed by atoms with Crippen molar-refractivity contribution in [1.29, 1.82) is 0 Å². The van der Waals surface area contributed by atoms with Gasteiger partial charge in [0.1, 0.15) is 12.1 Å². The number of nitrogens with zero attached hydrogens (tertiary/aromatic N) is 3. The first-order valence-electron chi connectivity index (χ1n) is 4.54. The summed E-state index contributed by atoms with van der Waals surface area (Å²) in [7, 11) is 1.83. The number of hydrogen-bond acceptors (Lipinski definition) is 3. The van der Waals surface area contributed by atoms with Gasteiger partial charge in [-0.2, -0.15) is 4.39 Å². The molecule has 0 amide bonds. The molecule has 3 nitrogen and oxygen atoms in total. The van der Waals surface area contributed by atoms with Gasteiger partial charge in [-0.05, 0) is 12.1 Å². The molecule has 0 atom stereocenters. The maximum absolute atomic E-state index is 12.9. The van der Waals surface area contributed by atoms with E-state index in [0.717, 1.165) is 5.69 Å². The summed E-state index contributed by atoms with van der Waals surface area (Å²) in [6.45, 7) is 0. The summed E-state index contributed by atoms with van der Waals surface area (Å²) in [6.07, 6.45) is 1.21. The van der Waals surface area contributed by atoms with E-state index in [2.05, 4.69) is 9.97 Å². The van der Waals surface area contributed by atoms with Crippen molar-refractivity contribution in [3.63, 3.8) is 0 Å². The summed E-state index contributed by atoms with van der Waals surface area (Å²) in [4.78, 5) is 9.20. The minimum Gasteiger partial charge on any atom is -0.329 e. The van der Waals surface area contributed by atoms with Gasteiger partial charge in [-0.15, -0.1) is 0 Å². The maximum atomic E-state index is 12.9. The lowest BCUT2D eigenvalue weighted by molar-refractivity contribution is 0.579. The van der Waals surface area contributed by atoms with Crippen LogP contribution < -0.4 is 4.90 Å². The maximum Gasteiger partial charge on any atom is 0.218 e. The van der Waals surface area contributed by atoms with Gasteiger partial charge in [0.15, 0.2) is 0 Å². The normalized spacial score (nSPS) is 10.0. The van der Waals surface area contributed by atoms with E-state index in [0.29, 0.717) is 5.82 Å². The van der Waals surface area contributed by atoms with Crippen LogP contribution in [0.1, 0.15) is 0 Å². The molecular formula is C11H10FN3. The third kappa shape index (κ3) is 2.10. The number of halogens is 1. The SMILES string of the molecule is CN(c1ccccc1)c1cc(F)ncn1. The molecule has 4 heteroatoms. The van der Waals surface area contributed by atoms with Gasteiger partial charge in [-0.25, -0.2) is 9.97 Å². The predicted octanol–water partition coefficient (Wildman–Crippen LogP) is 2.38. The summed E-state index contributed by atoms with van der Waals surface area (Å²) in [5.74, 6) is 0.0106. The molecule has 2 rings (SSSR count). The van der Waals surface area contributed by atoms with Crippen molar-refractivity contribution < 1.29 is 4.39 Å². The third-order valence-corrected chi connectivity index (χ3v) is 2.11. The van der Waals surface area contributed by atoms with Crippen LogP contribution in [0.4, 0.5) is 15.9 Å². The molecule has 0 saturated heterocycles. The van der Waals surface area contributed by atoms with Crippen LogP contribution >= 0.6 is 0 Å². The zero-order chi connectivity index (χ0) is 10.7. The smallest absolute Gasteiger partial charge is 0.218 e. The van der Waals surface area contributed by atoms with Crippen molar-refractivity contribution in [2.24, 2.45) is 0 Å². The Bertz CT molecular complexity index is 445. The fraction of sp³-hybridized carbons (Fsp3) is 0.0909. The molecule has 0 radical (unpaired) electrons. The summed E-state index contributed by atoms with van der Waals surface area (Å²) in [6, 6.07) is 10.9. The Morgan fingerprint density at radius 1 is 1.13 bits per heavy atom. The van der Waals surface area contributed by atoms with E-state index in [-0.39, 0.29) is 0 Å². The van der Waals surface area contributed by atoms with E-state index in [4.69, 9.17) is 0 Å². The van der Waals surface area contributed by atoms with Crippen molar-refractivity contribution in [2.75, 3.05) is 11.9 Å². The molecular weight excluding hydrogens is 193 g/mol. The summed E-state index contributed by atoms with van der Waals surface area (Å²) in [5.41, 5.74) is 0.954. The Labute approximate surface area is 87.2 Å². The number of benzene rings is 1. The molecule has 1 aromatic carbocycles. The zero-order valence-corrected chi connectivity index (χ0v) is 8.26. The first-order chi connectivity index (χ1) is 7.27. The topological polar surface area (TPSA) is 29.0 Å². The average Bonchev–Trinajstić information content (AvgIpc) is 2.29. The number of rotatable bonds is 2. The predicted molar refractivity (Wildman–Crippen MR) is 56.5 cm³/mol. The molecule has 0 bridgehead atoms. The minimum atomic E-state index is -0.525. The van der Waals surface area contributed by atoms with Gasteiger partial charge >= 0.3 is 0 Å². The number of hydrogen-bond donors (Lipinski definition) is 0. The minimum absolute atomic E-state index is 0.525. The second-order valence-corrected chi connectivity index (χ2v) is 3.09. The van der Waals surface area contributed by atoms with Gasteiger partial charge in [0.05, 0.1) is 0 Å². The lowest BCUT2D eigenvalue weighted by atomic mass is 10.3. The highest BCUT2D eigenvalue weighted by Crippen LogP contribution is 2.20. The lowest BCUT2D eigenvalue weighted by Crippen LogP contribution is -2.11. The van der Waals surface area contributed by atoms with Gasteiger partial charge in [-0.1, -0.05) is 18.2 Å². The van der Waals surface area contributed by atoms with Crippen molar-refractivity contribution in [2.45, 2.75) is 0 Å². The van der Waals surface area contributed by atoms with E-state index in [1.807, 2.05) is 37.4 Å². The van der Waals surface area contributed by atoms with Crippen LogP contribution in [0.5, 0.6) is 0 Å². The first kappa shape index (κ1) is 9.58. The van der Waals surface area contributed by atoms with Crippen LogP contribution in [0.25, 0.3) is 0 Å². The van der Waals surface area contributed by atoms with E-state index in [1.165, 1.54) is 12.4 Å². The van der Waals surface area contributed by atoms with E-state index in [1.54, 1.807) is 4.90 Å². The Balaban J connectivity index is 2.32. The van der Waals surface area contributed by atoms with Crippen LogP contribution in [0.15, 0.2) is 42.7 Å². The fourth-order valence-electron chi connectivity index (χ4n) is 1.29. The molecule has 76 valence electrons. The highest BCUT2D eigenvalue weighted by atomic mass is 19.1. The molecule has 0 fully saturated rings. The molecule has 0 aliphatic carbocycles. The second-order valence-electron chi connectivity index (χ2n) is 3.09. The molecule has 15 heavy (non-hydrogen) atoms. The molecule has 0 saturated carbocycles. The summed E-state index contributed by atoms with van der Waals surface area (Å²) in [5, 5.41) is 0. The Hall–Kier alpha value is -1.97. The fourth-order valence-corrected chi connectivity index (χ4v) is 1.29. The highest BCUT2D eigenvalue weighted by Gasteiger charge is 2.05. The molecule has 0 aliphatic rings. The first-order valence-corrected chi connectivity index (χ1v) is 4.54. The lowest BCUT2D eigenvalue weighted by Gasteiger charge is -2.17. The van der Waals surface area contributed by atoms with Crippen LogP contribution in [-0.4, -0.2) is 17.0 Å². The van der Waals surface area contributed by atoms with Gasteiger partial charge < -0.3 is 4.90 Å². The standard InChI is InChI=1S/C11H10FN3/c1-15(9-5-3-2-4-6-9)11-7-10(12)13-8-14-11/h2-8H,1H3. The monoisotopic (exact) mass is 203 g/mol. The molecule has 0 spiro atoms. The highest BCUT2D eigenvalue weighted by molar-refractivity contribution is 5.58. The molecule has 0 N–H and O–H groups in total. The van der Waals surface area contributed by atoms with E-state index in [9.17, 15) is 4.39 Å². The molecule has 2 aromatic rings. The Kier molecular flexibility index (Phi) is 2.58. The van der Waals surface area contributed by atoms with Gasteiger partial charge in [0.2, 0.25) is 5.95 Å². The van der Waals surface area contributed by atoms with Crippen LogP contribution in [-0.2, 0) is 0 Å².